The van der Waals surface area contributed by atoms with Crippen molar-refractivity contribution in [1.29, 1.82) is 0 Å². The predicted octanol–water partition coefficient (Wildman–Crippen LogP) is 3.15. The maximum Gasteiger partial charge on any atom is 0.305 e. The molecule has 0 atom stereocenters. The number of nitrogens with one attached hydrogen (secondary N) is 1. The monoisotopic (exact) mass is 319 g/mol. The molecule has 0 unspecified atom stereocenters. The highest BCUT2D eigenvalue weighted by Crippen LogP contribution is 2.22. The summed E-state index contributed by atoms with van der Waals surface area (Å²) in [5, 5.41) is 3.96. The molecule has 0 saturated heterocycles. The van der Waals surface area contributed by atoms with Crippen LogP contribution in [0.4, 0.5) is 0 Å². The van der Waals surface area contributed by atoms with Crippen molar-refractivity contribution < 1.29 is 9.53 Å². The molecule has 0 fully saturated rings. The van der Waals surface area contributed by atoms with E-state index < -0.39 is 0 Å². The zero-order valence-corrected chi connectivity index (χ0v) is 12.0. The summed E-state index contributed by atoms with van der Waals surface area (Å²) in [6.07, 6.45) is 1.23. The van der Waals surface area contributed by atoms with E-state index in [0.29, 0.717) is 11.4 Å². The van der Waals surface area contributed by atoms with Crippen molar-refractivity contribution in [2.75, 3.05) is 13.7 Å². The van der Waals surface area contributed by atoms with Crippen LogP contribution >= 0.6 is 27.5 Å². The summed E-state index contributed by atoms with van der Waals surface area (Å²) in [7, 11) is 1.40. The van der Waals surface area contributed by atoms with Gasteiger partial charge in [-0.15, -0.1) is 0 Å². The third-order valence-electron chi connectivity index (χ3n) is 2.28. The Balaban J connectivity index is 2.22. The van der Waals surface area contributed by atoms with Crippen LogP contribution in [0.3, 0.4) is 0 Å². The lowest BCUT2D eigenvalue weighted by atomic mass is 10.2. The fourth-order valence-electron chi connectivity index (χ4n) is 1.34. The third kappa shape index (κ3) is 5.52. The number of halogens is 2. The largest absolute Gasteiger partial charge is 0.469 e. The summed E-state index contributed by atoms with van der Waals surface area (Å²) in [6, 6.07) is 5.81. The molecule has 0 bridgehead atoms. The molecule has 0 aliphatic rings. The number of rotatable bonds is 6. The lowest BCUT2D eigenvalue weighted by molar-refractivity contribution is -0.140. The smallest absolute Gasteiger partial charge is 0.305 e. The predicted molar refractivity (Wildman–Crippen MR) is 72.1 cm³/mol. The molecule has 94 valence electrons. The Morgan fingerprint density at radius 2 is 2.29 bits per heavy atom. The van der Waals surface area contributed by atoms with E-state index in [-0.39, 0.29) is 5.97 Å². The van der Waals surface area contributed by atoms with Crippen LogP contribution in [0.15, 0.2) is 22.7 Å². The molecule has 5 heteroatoms. The quantitative estimate of drug-likeness (QED) is 0.646. The van der Waals surface area contributed by atoms with Gasteiger partial charge in [-0.1, -0.05) is 17.7 Å². The van der Waals surface area contributed by atoms with E-state index in [0.717, 1.165) is 29.5 Å². The molecule has 1 aromatic rings. The van der Waals surface area contributed by atoms with Crippen LogP contribution in [0, 0.1) is 0 Å². The van der Waals surface area contributed by atoms with Crippen LogP contribution in [0.5, 0.6) is 0 Å². The number of hydrogen-bond acceptors (Lipinski definition) is 3. The van der Waals surface area contributed by atoms with E-state index in [4.69, 9.17) is 11.6 Å². The first kappa shape index (κ1) is 14.5. The van der Waals surface area contributed by atoms with Crippen molar-refractivity contribution >= 4 is 33.5 Å². The van der Waals surface area contributed by atoms with Crippen LogP contribution in [-0.2, 0) is 16.1 Å². The zero-order chi connectivity index (χ0) is 12.7. The van der Waals surface area contributed by atoms with Crippen molar-refractivity contribution in [3.8, 4) is 0 Å². The van der Waals surface area contributed by atoms with E-state index in [1.54, 1.807) is 0 Å². The van der Waals surface area contributed by atoms with Crippen molar-refractivity contribution in [1.82, 2.24) is 5.32 Å². The second kappa shape index (κ2) is 7.69. The minimum atomic E-state index is -0.166. The van der Waals surface area contributed by atoms with Gasteiger partial charge in [0.05, 0.1) is 12.1 Å². The Hall–Kier alpha value is -0.580. The third-order valence-corrected chi connectivity index (χ3v) is 3.49. The highest BCUT2D eigenvalue weighted by molar-refractivity contribution is 9.10. The Morgan fingerprint density at radius 3 is 2.94 bits per heavy atom. The molecular formula is C12H15BrClNO2. The van der Waals surface area contributed by atoms with Gasteiger partial charge in [-0.05, 0) is 46.6 Å². The van der Waals surface area contributed by atoms with Gasteiger partial charge < -0.3 is 10.1 Å². The summed E-state index contributed by atoms with van der Waals surface area (Å²) >= 11 is 9.27. The van der Waals surface area contributed by atoms with Gasteiger partial charge in [0.1, 0.15) is 0 Å². The zero-order valence-electron chi connectivity index (χ0n) is 9.63. The number of methoxy groups -OCH3 is 1. The first-order valence-corrected chi connectivity index (χ1v) is 6.52. The number of esters is 1. The Morgan fingerprint density at radius 1 is 1.53 bits per heavy atom. The SMILES string of the molecule is COC(=O)CCCNCc1ccc(Cl)c(Br)c1. The standard InChI is InChI=1S/C12H15BrClNO2/c1-17-12(16)3-2-6-15-8-9-4-5-11(14)10(13)7-9/h4-5,7,15H,2-3,6,8H2,1H3. The van der Waals surface area contributed by atoms with Crippen molar-refractivity contribution in [3.05, 3.63) is 33.3 Å². The molecule has 0 heterocycles. The highest BCUT2D eigenvalue weighted by Gasteiger charge is 2.00. The molecule has 1 aromatic carbocycles. The van der Waals surface area contributed by atoms with E-state index in [2.05, 4.69) is 26.0 Å². The average Bonchev–Trinajstić information content (AvgIpc) is 2.33. The van der Waals surface area contributed by atoms with Crippen LogP contribution in [0.25, 0.3) is 0 Å². The van der Waals surface area contributed by atoms with Crippen LogP contribution in [0.1, 0.15) is 18.4 Å². The first-order valence-electron chi connectivity index (χ1n) is 5.35. The topological polar surface area (TPSA) is 38.3 Å². The molecule has 1 N–H and O–H groups in total. The van der Waals surface area contributed by atoms with Gasteiger partial charge in [-0.25, -0.2) is 0 Å². The van der Waals surface area contributed by atoms with Gasteiger partial charge in [-0.3, -0.25) is 4.79 Å². The average molecular weight is 321 g/mol. The Bertz CT molecular complexity index is 385. The summed E-state index contributed by atoms with van der Waals surface area (Å²) in [5.41, 5.74) is 1.15. The van der Waals surface area contributed by atoms with Gasteiger partial charge in [-0.2, -0.15) is 0 Å². The molecule has 0 aromatic heterocycles. The fraction of sp³-hybridized carbons (Fsp3) is 0.417. The number of carbonyl (C=O) groups is 1. The summed E-state index contributed by atoms with van der Waals surface area (Å²) < 4.78 is 5.45. The summed E-state index contributed by atoms with van der Waals surface area (Å²) in [6.45, 7) is 1.55. The lowest BCUT2D eigenvalue weighted by Gasteiger charge is -2.05. The van der Waals surface area contributed by atoms with E-state index in [1.165, 1.54) is 7.11 Å². The van der Waals surface area contributed by atoms with Crippen molar-refractivity contribution in [3.63, 3.8) is 0 Å². The Labute approximate surface area is 115 Å². The number of ether oxygens (including phenoxy) is 1. The van der Waals surface area contributed by atoms with E-state index >= 15 is 0 Å². The van der Waals surface area contributed by atoms with Gasteiger partial charge in [0.15, 0.2) is 0 Å². The molecule has 17 heavy (non-hydrogen) atoms. The molecule has 3 nitrogen and oxygen atoms in total. The number of benzene rings is 1. The van der Waals surface area contributed by atoms with Crippen molar-refractivity contribution in [2.24, 2.45) is 0 Å². The highest BCUT2D eigenvalue weighted by atomic mass is 79.9. The molecule has 0 radical (unpaired) electrons. The van der Waals surface area contributed by atoms with Crippen LogP contribution in [-0.4, -0.2) is 19.6 Å². The van der Waals surface area contributed by atoms with Gasteiger partial charge in [0.25, 0.3) is 0 Å². The molecular weight excluding hydrogens is 305 g/mol. The van der Waals surface area contributed by atoms with E-state index in [1.807, 2.05) is 18.2 Å². The second-order valence-corrected chi connectivity index (χ2v) is 4.87. The molecule has 0 amide bonds. The molecule has 0 saturated carbocycles. The Kier molecular flexibility index (Phi) is 6.55. The normalized spacial score (nSPS) is 10.3. The van der Waals surface area contributed by atoms with Gasteiger partial charge in [0.2, 0.25) is 0 Å². The maximum absolute atomic E-state index is 10.9. The van der Waals surface area contributed by atoms with Gasteiger partial charge in [0, 0.05) is 17.4 Å². The maximum atomic E-state index is 10.9. The van der Waals surface area contributed by atoms with Gasteiger partial charge >= 0.3 is 5.97 Å². The number of carbonyl (C=O) groups excluding carboxylic acids is 1. The second-order valence-electron chi connectivity index (χ2n) is 3.60. The fourth-order valence-corrected chi connectivity index (χ4v) is 1.89. The molecule has 1 rings (SSSR count). The van der Waals surface area contributed by atoms with Crippen molar-refractivity contribution in [2.45, 2.75) is 19.4 Å². The summed E-state index contributed by atoms with van der Waals surface area (Å²) in [5.74, 6) is -0.166. The van der Waals surface area contributed by atoms with Crippen LogP contribution < -0.4 is 5.32 Å². The minimum Gasteiger partial charge on any atom is -0.469 e. The van der Waals surface area contributed by atoms with Crippen LogP contribution in [0.2, 0.25) is 5.02 Å². The first-order chi connectivity index (χ1) is 8.13. The molecule has 0 aliphatic carbocycles. The minimum absolute atomic E-state index is 0.166. The molecule has 0 aliphatic heterocycles. The summed E-state index contributed by atoms with van der Waals surface area (Å²) in [4.78, 5) is 10.9. The van der Waals surface area contributed by atoms with E-state index in [9.17, 15) is 4.79 Å². The number of hydrogen-bond donors (Lipinski definition) is 1. The molecule has 0 spiro atoms. The lowest BCUT2D eigenvalue weighted by Crippen LogP contribution is -2.16.